The van der Waals surface area contributed by atoms with Crippen molar-refractivity contribution in [3.63, 3.8) is 0 Å². The normalized spacial score (nSPS) is 9.83. The van der Waals surface area contributed by atoms with E-state index in [0.717, 1.165) is 5.56 Å². The van der Waals surface area contributed by atoms with Crippen LogP contribution in [-0.4, -0.2) is 20.9 Å². The van der Waals surface area contributed by atoms with Crippen LogP contribution in [0.2, 0.25) is 0 Å². The zero-order valence-electron chi connectivity index (χ0n) is 12.5. The van der Waals surface area contributed by atoms with E-state index in [1.165, 1.54) is 12.1 Å². The minimum absolute atomic E-state index is 0.252. The number of carbonyl (C=O) groups excluding carboxylic acids is 1. The SMILES string of the molecule is O=C(On1c(O)ccc1O)c1cccc(C#Cc2ccccc2)c1. The van der Waals surface area contributed by atoms with Crippen LogP contribution in [0.3, 0.4) is 0 Å². The number of benzene rings is 2. The van der Waals surface area contributed by atoms with Gasteiger partial charge in [-0.15, -0.1) is 4.73 Å². The molecule has 3 rings (SSSR count). The Labute approximate surface area is 138 Å². The van der Waals surface area contributed by atoms with Crippen molar-refractivity contribution in [3.8, 4) is 23.6 Å². The molecule has 1 heterocycles. The smallest absolute Gasteiger partial charge is 0.363 e. The van der Waals surface area contributed by atoms with Crippen molar-refractivity contribution < 1.29 is 19.8 Å². The van der Waals surface area contributed by atoms with Crippen molar-refractivity contribution in [1.29, 1.82) is 0 Å². The number of aromatic nitrogens is 1. The Kier molecular flexibility index (Phi) is 4.21. The third-order valence-electron chi connectivity index (χ3n) is 3.20. The average molecular weight is 319 g/mol. The molecule has 3 aromatic rings. The average Bonchev–Trinajstić information content (AvgIpc) is 2.93. The Bertz CT molecular complexity index is 913. The highest BCUT2D eigenvalue weighted by atomic mass is 16.7. The van der Waals surface area contributed by atoms with Gasteiger partial charge in [-0.25, -0.2) is 4.79 Å². The van der Waals surface area contributed by atoms with E-state index in [1.807, 2.05) is 30.3 Å². The van der Waals surface area contributed by atoms with Gasteiger partial charge in [0, 0.05) is 23.3 Å². The van der Waals surface area contributed by atoms with E-state index in [0.29, 0.717) is 10.3 Å². The Balaban J connectivity index is 1.80. The molecule has 0 saturated heterocycles. The molecule has 0 spiro atoms. The summed E-state index contributed by atoms with van der Waals surface area (Å²) in [5, 5.41) is 19.0. The van der Waals surface area contributed by atoms with Crippen LogP contribution in [0.5, 0.6) is 11.8 Å². The Morgan fingerprint density at radius 3 is 2.17 bits per heavy atom. The van der Waals surface area contributed by atoms with Crippen LogP contribution in [0, 0.1) is 11.8 Å². The fourth-order valence-electron chi connectivity index (χ4n) is 2.02. The van der Waals surface area contributed by atoms with Gasteiger partial charge in [-0.2, -0.15) is 0 Å². The first-order valence-corrected chi connectivity index (χ1v) is 7.13. The van der Waals surface area contributed by atoms with Crippen LogP contribution < -0.4 is 4.84 Å². The molecule has 0 bridgehead atoms. The number of carbonyl (C=O) groups is 1. The summed E-state index contributed by atoms with van der Waals surface area (Å²) in [5.74, 6) is 4.51. The lowest BCUT2D eigenvalue weighted by molar-refractivity contribution is 0.0381. The largest absolute Gasteiger partial charge is 0.492 e. The van der Waals surface area contributed by atoms with Gasteiger partial charge in [0.15, 0.2) is 0 Å². The van der Waals surface area contributed by atoms with Crippen molar-refractivity contribution in [2.45, 2.75) is 0 Å². The maximum atomic E-state index is 12.1. The standard InChI is InChI=1S/C19H13NO4/c21-17-11-12-18(22)20(17)24-19(23)16-8-4-7-15(13-16)10-9-14-5-2-1-3-6-14/h1-8,11-13,21-22H. The second kappa shape index (κ2) is 6.63. The molecule has 1 aromatic heterocycles. The summed E-state index contributed by atoms with van der Waals surface area (Å²) in [4.78, 5) is 17.1. The number of hydrogen-bond acceptors (Lipinski definition) is 4. The predicted molar refractivity (Wildman–Crippen MR) is 87.5 cm³/mol. The molecule has 5 nitrogen and oxygen atoms in total. The van der Waals surface area contributed by atoms with Crippen LogP contribution in [0.4, 0.5) is 0 Å². The molecule has 0 saturated carbocycles. The Hall–Kier alpha value is -3.65. The molecular formula is C19H13NO4. The van der Waals surface area contributed by atoms with Gasteiger partial charge in [0.05, 0.1) is 5.56 Å². The maximum absolute atomic E-state index is 12.1. The third-order valence-corrected chi connectivity index (χ3v) is 3.20. The third kappa shape index (κ3) is 3.39. The predicted octanol–water partition coefficient (Wildman–Crippen LogP) is 2.57. The molecule has 0 amide bonds. The second-order valence-electron chi connectivity index (χ2n) is 4.92. The van der Waals surface area contributed by atoms with E-state index in [2.05, 4.69) is 11.8 Å². The van der Waals surface area contributed by atoms with E-state index >= 15 is 0 Å². The quantitative estimate of drug-likeness (QED) is 0.712. The number of rotatable bonds is 2. The van der Waals surface area contributed by atoms with Gasteiger partial charge in [0.2, 0.25) is 11.8 Å². The number of hydrogen-bond donors (Lipinski definition) is 2. The van der Waals surface area contributed by atoms with Gasteiger partial charge in [0.1, 0.15) is 0 Å². The highest BCUT2D eigenvalue weighted by Gasteiger charge is 2.14. The van der Waals surface area contributed by atoms with Gasteiger partial charge in [-0.05, 0) is 30.3 Å². The van der Waals surface area contributed by atoms with Crippen LogP contribution in [0.25, 0.3) is 0 Å². The molecule has 24 heavy (non-hydrogen) atoms. The van der Waals surface area contributed by atoms with Gasteiger partial charge in [-0.1, -0.05) is 36.1 Å². The molecule has 0 atom stereocenters. The lowest BCUT2D eigenvalue weighted by atomic mass is 10.1. The van der Waals surface area contributed by atoms with Gasteiger partial charge in [0.25, 0.3) is 0 Å². The second-order valence-corrected chi connectivity index (χ2v) is 4.92. The monoisotopic (exact) mass is 319 g/mol. The van der Waals surface area contributed by atoms with E-state index in [4.69, 9.17) is 4.84 Å². The van der Waals surface area contributed by atoms with E-state index in [9.17, 15) is 15.0 Å². The highest BCUT2D eigenvalue weighted by Crippen LogP contribution is 2.19. The number of nitrogens with zero attached hydrogens (tertiary/aromatic N) is 1. The summed E-state index contributed by atoms with van der Waals surface area (Å²) < 4.78 is 0.644. The molecule has 0 aliphatic heterocycles. The summed E-state index contributed by atoms with van der Waals surface area (Å²) in [6.45, 7) is 0. The lowest BCUT2D eigenvalue weighted by Crippen LogP contribution is -2.19. The van der Waals surface area contributed by atoms with Crippen molar-refractivity contribution in [2.75, 3.05) is 0 Å². The Morgan fingerprint density at radius 1 is 0.833 bits per heavy atom. The molecule has 0 radical (unpaired) electrons. The zero-order chi connectivity index (χ0) is 16.9. The lowest BCUT2D eigenvalue weighted by Gasteiger charge is -2.06. The van der Waals surface area contributed by atoms with Crippen molar-refractivity contribution in [3.05, 3.63) is 83.4 Å². The van der Waals surface area contributed by atoms with Crippen LogP contribution in [-0.2, 0) is 0 Å². The molecule has 0 aliphatic carbocycles. The molecule has 2 aromatic carbocycles. The van der Waals surface area contributed by atoms with Crippen LogP contribution >= 0.6 is 0 Å². The summed E-state index contributed by atoms with van der Waals surface area (Å²) in [6, 6.07) is 18.5. The first kappa shape index (κ1) is 15.3. The molecule has 5 heteroatoms. The summed E-state index contributed by atoms with van der Waals surface area (Å²) >= 11 is 0. The van der Waals surface area contributed by atoms with E-state index in [1.54, 1.807) is 24.3 Å². The molecule has 0 fully saturated rings. The van der Waals surface area contributed by atoms with Crippen LogP contribution in [0.15, 0.2) is 66.7 Å². The van der Waals surface area contributed by atoms with Crippen molar-refractivity contribution >= 4 is 5.97 Å². The minimum atomic E-state index is -0.722. The van der Waals surface area contributed by atoms with Gasteiger partial charge >= 0.3 is 5.97 Å². The van der Waals surface area contributed by atoms with Crippen molar-refractivity contribution in [2.24, 2.45) is 0 Å². The fourth-order valence-corrected chi connectivity index (χ4v) is 2.02. The molecule has 2 N–H and O–H groups in total. The van der Waals surface area contributed by atoms with Gasteiger partial charge < -0.3 is 15.1 Å². The summed E-state index contributed by atoms with van der Waals surface area (Å²) in [6.07, 6.45) is 0. The fraction of sp³-hybridized carbons (Fsp3) is 0. The molecule has 118 valence electrons. The first-order valence-electron chi connectivity index (χ1n) is 7.13. The minimum Gasteiger partial charge on any atom is -0.492 e. The topological polar surface area (TPSA) is 71.7 Å². The van der Waals surface area contributed by atoms with Gasteiger partial charge in [-0.3, -0.25) is 0 Å². The Morgan fingerprint density at radius 2 is 1.46 bits per heavy atom. The van der Waals surface area contributed by atoms with E-state index < -0.39 is 5.97 Å². The summed E-state index contributed by atoms with van der Waals surface area (Å²) in [7, 11) is 0. The maximum Gasteiger partial charge on any atom is 0.363 e. The summed E-state index contributed by atoms with van der Waals surface area (Å²) in [5.41, 5.74) is 1.77. The zero-order valence-corrected chi connectivity index (χ0v) is 12.5. The molecule has 0 unspecified atom stereocenters. The van der Waals surface area contributed by atoms with E-state index in [-0.39, 0.29) is 17.3 Å². The number of aromatic hydroxyl groups is 2. The van der Waals surface area contributed by atoms with Crippen molar-refractivity contribution in [1.82, 2.24) is 4.73 Å². The molecule has 0 aliphatic rings. The highest BCUT2D eigenvalue weighted by molar-refractivity contribution is 5.90. The first-order chi connectivity index (χ1) is 11.6. The van der Waals surface area contributed by atoms with Crippen LogP contribution in [0.1, 0.15) is 21.5 Å². The molecular weight excluding hydrogens is 306 g/mol.